The van der Waals surface area contributed by atoms with Crippen LogP contribution in [0.2, 0.25) is 0 Å². The second kappa shape index (κ2) is 8.88. The molecule has 1 atom stereocenters. The molecule has 4 aromatic rings. The van der Waals surface area contributed by atoms with Gasteiger partial charge >= 0.3 is 0 Å². The lowest BCUT2D eigenvalue weighted by Gasteiger charge is -2.29. The number of benzene rings is 1. The average Bonchev–Trinajstić information content (AvgIpc) is 3.24. The van der Waals surface area contributed by atoms with Gasteiger partial charge in [-0.25, -0.2) is 13.5 Å². The second-order valence-corrected chi connectivity index (χ2v) is 10.5. The number of hydrogen-bond acceptors (Lipinski definition) is 5. The van der Waals surface area contributed by atoms with Crippen LogP contribution in [0.5, 0.6) is 0 Å². The molecule has 1 fully saturated rings. The maximum absolute atomic E-state index is 11.7. The standard InChI is InChI=1S/C23H25BrN6OS/c1-32(31)29-10-8-15(9-11-29)6-7-20-21(24)22(25)30-23(28-20)18(14-27-30)17-12-16-4-2-3-5-19(16)26-13-17/h2-5,12-15H,6-11,25H2,1H3. The van der Waals surface area contributed by atoms with Crippen molar-refractivity contribution < 1.29 is 4.21 Å². The Labute approximate surface area is 197 Å². The van der Waals surface area contributed by atoms with Crippen LogP contribution in [-0.2, 0) is 17.4 Å². The summed E-state index contributed by atoms with van der Waals surface area (Å²) >= 11 is 3.64. The molecular weight excluding hydrogens is 488 g/mol. The lowest BCUT2D eigenvalue weighted by molar-refractivity contribution is 0.272. The van der Waals surface area contributed by atoms with Crippen LogP contribution >= 0.6 is 15.9 Å². The Morgan fingerprint density at radius 2 is 2.00 bits per heavy atom. The first-order valence-electron chi connectivity index (χ1n) is 10.8. The van der Waals surface area contributed by atoms with Crippen molar-refractivity contribution in [1.82, 2.24) is 23.9 Å². The minimum Gasteiger partial charge on any atom is -0.383 e. The molecule has 166 valence electrons. The molecule has 0 amide bonds. The van der Waals surface area contributed by atoms with Gasteiger partial charge in [0.2, 0.25) is 0 Å². The first-order valence-corrected chi connectivity index (χ1v) is 13.1. The van der Waals surface area contributed by atoms with Gasteiger partial charge in [-0.15, -0.1) is 0 Å². The molecule has 2 N–H and O–H groups in total. The summed E-state index contributed by atoms with van der Waals surface area (Å²) in [6.45, 7) is 1.79. The number of anilines is 1. The Morgan fingerprint density at radius 1 is 1.22 bits per heavy atom. The molecular formula is C23H25BrN6OS. The summed E-state index contributed by atoms with van der Waals surface area (Å²) in [6, 6.07) is 10.2. The summed E-state index contributed by atoms with van der Waals surface area (Å²) in [6.07, 6.45) is 9.43. The molecule has 1 aromatic carbocycles. The number of halogens is 1. The zero-order valence-electron chi connectivity index (χ0n) is 17.9. The molecule has 3 aromatic heterocycles. The average molecular weight is 513 g/mol. The summed E-state index contributed by atoms with van der Waals surface area (Å²) in [4.78, 5) is 9.56. The number of fused-ring (bicyclic) bond motifs is 2. The number of aryl methyl sites for hydroxylation is 1. The van der Waals surface area contributed by atoms with E-state index in [2.05, 4.69) is 38.1 Å². The first-order chi connectivity index (χ1) is 15.5. The predicted molar refractivity (Wildman–Crippen MR) is 133 cm³/mol. The number of para-hydroxylation sites is 1. The minimum atomic E-state index is -0.873. The highest BCUT2D eigenvalue weighted by Crippen LogP contribution is 2.32. The largest absolute Gasteiger partial charge is 0.383 e. The van der Waals surface area contributed by atoms with Gasteiger partial charge in [-0.2, -0.15) is 9.61 Å². The number of nitrogens with two attached hydrogens (primary N) is 1. The summed E-state index contributed by atoms with van der Waals surface area (Å²) < 4.78 is 16.2. The van der Waals surface area contributed by atoms with Gasteiger partial charge < -0.3 is 5.73 Å². The van der Waals surface area contributed by atoms with Gasteiger partial charge in [-0.3, -0.25) is 4.98 Å². The Balaban J connectivity index is 1.43. The molecule has 0 radical (unpaired) electrons. The van der Waals surface area contributed by atoms with Crippen molar-refractivity contribution in [3.63, 3.8) is 0 Å². The third-order valence-corrected chi connectivity index (χ3v) is 8.28. The topological polar surface area (TPSA) is 89.4 Å². The Hall–Kier alpha value is -2.36. The fourth-order valence-corrected chi connectivity index (χ4v) is 5.61. The predicted octanol–water partition coefficient (Wildman–Crippen LogP) is 4.23. The van der Waals surface area contributed by atoms with Crippen molar-refractivity contribution in [3.8, 4) is 11.1 Å². The highest BCUT2D eigenvalue weighted by atomic mass is 79.9. The molecule has 7 nitrogen and oxygen atoms in total. The van der Waals surface area contributed by atoms with E-state index in [0.29, 0.717) is 11.7 Å². The van der Waals surface area contributed by atoms with Gasteiger partial charge in [0, 0.05) is 42.1 Å². The smallest absolute Gasteiger partial charge is 0.165 e. The fraction of sp³-hybridized carbons (Fsp3) is 0.348. The van der Waals surface area contributed by atoms with E-state index in [1.807, 2.05) is 28.7 Å². The van der Waals surface area contributed by atoms with Crippen molar-refractivity contribution in [2.45, 2.75) is 25.7 Å². The monoisotopic (exact) mass is 512 g/mol. The van der Waals surface area contributed by atoms with Crippen LogP contribution in [0.3, 0.4) is 0 Å². The number of rotatable bonds is 5. The highest BCUT2D eigenvalue weighted by molar-refractivity contribution is 9.10. The van der Waals surface area contributed by atoms with Crippen molar-refractivity contribution in [2.75, 3.05) is 25.1 Å². The SMILES string of the molecule is CS(=O)N1CCC(CCc2nc3c(-c4cnc5ccccc5c4)cnn3c(N)c2Br)CC1. The normalized spacial score (nSPS) is 16.7. The van der Waals surface area contributed by atoms with Crippen molar-refractivity contribution >= 4 is 49.3 Å². The van der Waals surface area contributed by atoms with Gasteiger partial charge in [0.15, 0.2) is 5.65 Å². The van der Waals surface area contributed by atoms with Gasteiger partial charge in [0.05, 0.1) is 32.9 Å². The highest BCUT2D eigenvalue weighted by Gasteiger charge is 2.22. The van der Waals surface area contributed by atoms with E-state index in [1.54, 1.807) is 17.0 Å². The van der Waals surface area contributed by atoms with E-state index >= 15 is 0 Å². The lowest BCUT2D eigenvalue weighted by Crippen LogP contribution is -2.34. The molecule has 1 unspecified atom stereocenters. The molecule has 32 heavy (non-hydrogen) atoms. The minimum absolute atomic E-state index is 0.557. The summed E-state index contributed by atoms with van der Waals surface area (Å²) in [5.41, 5.74) is 11.0. The zero-order valence-corrected chi connectivity index (χ0v) is 20.3. The first kappa shape index (κ1) is 21.5. The van der Waals surface area contributed by atoms with Crippen LogP contribution in [0.15, 0.2) is 47.2 Å². The quantitative estimate of drug-likeness (QED) is 0.432. The van der Waals surface area contributed by atoms with Gasteiger partial charge in [0.25, 0.3) is 0 Å². The molecule has 5 rings (SSSR count). The number of aromatic nitrogens is 4. The molecule has 0 spiro atoms. The van der Waals surface area contributed by atoms with Crippen LogP contribution in [0, 0.1) is 5.92 Å². The number of hydrogen-bond donors (Lipinski definition) is 1. The third kappa shape index (κ3) is 4.04. The Kier molecular flexibility index (Phi) is 5.96. The zero-order chi connectivity index (χ0) is 22.2. The molecule has 9 heteroatoms. The fourth-order valence-electron chi connectivity index (χ4n) is 4.43. The maximum Gasteiger partial charge on any atom is 0.165 e. The molecule has 1 aliphatic heterocycles. The second-order valence-electron chi connectivity index (χ2n) is 8.30. The van der Waals surface area contributed by atoms with Crippen molar-refractivity contribution in [3.05, 3.63) is 52.9 Å². The van der Waals surface area contributed by atoms with Crippen molar-refractivity contribution in [1.29, 1.82) is 0 Å². The molecule has 4 heterocycles. The maximum atomic E-state index is 11.7. The number of nitrogens with zero attached hydrogens (tertiary/aromatic N) is 5. The lowest BCUT2D eigenvalue weighted by atomic mass is 9.92. The molecule has 0 aliphatic carbocycles. The van der Waals surface area contributed by atoms with Crippen LogP contribution in [0.25, 0.3) is 27.7 Å². The van der Waals surface area contributed by atoms with Crippen LogP contribution in [0.4, 0.5) is 5.82 Å². The number of pyridine rings is 1. The van der Waals surface area contributed by atoms with E-state index in [0.717, 1.165) is 76.6 Å². The molecule has 0 bridgehead atoms. The van der Waals surface area contributed by atoms with E-state index < -0.39 is 11.0 Å². The van der Waals surface area contributed by atoms with E-state index in [9.17, 15) is 4.21 Å². The Morgan fingerprint density at radius 3 is 2.78 bits per heavy atom. The van der Waals surface area contributed by atoms with Gasteiger partial charge in [-0.1, -0.05) is 18.2 Å². The Bertz CT molecular complexity index is 1310. The van der Waals surface area contributed by atoms with E-state index in [1.165, 1.54) is 0 Å². The van der Waals surface area contributed by atoms with Crippen LogP contribution in [0.1, 0.15) is 25.0 Å². The van der Waals surface area contributed by atoms with Crippen LogP contribution in [-0.4, -0.2) is 47.4 Å². The molecule has 1 aliphatic rings. The molecule has 1 saturated heterocycles. The number of nitrogen functional groups attached to an aromatic ring is 1. The van der Waals surface area contributed by atoms with Gasteiger partial charge in [0.1, 0.15) is 5.82 Å². The van der Waals surface area contributed by atoms with E-state index in [4.69, 9.17) is 10.7 Å². The van der Waals surface area contributed by atoms with Crippen molar-refractivity contribution in [2.24, 2.45) is 5.92 Å². The van der Waals surface area contributed by atoms with E-state index in [-0.39, 0.29) is 0 Å². The van der Waals surface area contributed by atoms with Gasteiger partial charge in [-0.05, 0) is 59.7 Å². The number of piperidine rings is 1. The van der Waals surface area contributed by atoms with Crippen LogP contribution < -0.4 is 5.73 Å². The third-order valence-electron chi connectivity index (χ3n) is 6.32. The molecule has 0 saturated carbocycles. The summed E-state index contributed by atoms with van der Waals surface area (Å²) in [5, 5.41) is 5.57. The summed E-state index contributed by atoms with van der Waals surface area (Å²) in [5.74, 6) is 1.16. The summed E-state index contributed by atoms with van der Waals surface area (Å²) in [7, 11) is -0.873.